The maximum absolute atomic E-state index is 12.3. The van der Waals surface area contributed by atoms with Gasteiger partial charge in [0.1, 0.15) is 0 Å². The summed E-state index contributed by atoms with van der Waals surface area (Å²) in [6.07, 6.45) is 6.17. The van der Waals surface area contributed by atoms with E-state index in [1.54, 1.807) is 6.08 Å². The Bertz CT molecular complexity index is 572. The number of piperidine rings is 1. The third-order valence-electron chi connectivity index (χ3n) is 4.10. The van der Waals surface area contributed by atoms with Crippen molar-refractivity contribution in [3.8, 4) is 0 Å². The molecule has 1 aromatic rings. The first-order valence-corrected chi connectivity index (χ1v) is 8.68. The fourth-order valence-electron chi connectivity index (χ4n) is 2.91. The highest BCUT2D eigenvalue weighted by molar-refractivity contribution is 9.10. The summed E-state index contributed by atoms with van der Waals surface area (Å²) in [7, 11) is 0. The van der Waals surface area contributed by atoms with Gasteiger partial charge in [0, 0.05) is 22.6 Å². The molecule has 0 N–H and O–H groups in total. The Morgan fingerprint density at radius 1 is 1.22 bits per heavy atom. The van der Waals surface area contributed by atoms with Gasteiger partial charge in [-0.3, -0.25) is 4.79 Å². The molecule has 0 aromatic heterocycles. The molecule has 4 nitrogen and oxygen atoms in total. The smallest absolute Gasteiger partial charge is 0.331 e. The summed E-state index contributed by atoms with van der Waals surface area (Å²) in [5.74, 6) is -0.617. The normalized spacial score (nSPS) is 21.4. The Morgan fingerprint density at radius 3 is 2.43 bits per heavy atom. The lowest BCUT2D eigenvalue weighted by Crippen LogP contribution is -2.49. The van der Waals surface area contributed by atoms with Gasteiger partial charge >= 0.3 is 5.97 Å². The highest BCUT2D eigenvalue weighted by Gasteiger charge is 2.29. The maximum atomic E-state index is 12.3. The van der Waals surface area contributed by atoms with Crippen LogP contribution in [0.25, 0.3) is 6.08 Å². The Kier molecular flexibility index (Phi) is 6.39. The largest absolute Gasteiger partial charge is 0.452 e. The molecule has 5 heteroatoms. The standard InChI is InChI=1S/C18H22BrNO3/c1-13-4-3-5-14(2)20(13)17(21)12-23-18(22)11-8-15-6-9-16(19)10-7-15/h6-11,13-14H,3-5,12H2,1-2H3/b11-8+/t13-,14-/m1/s1. The lowest BCUT2D eigenvalue weighted by molar-refractivity contribution is -0.151. The van der Waals surface area contributed by atoms with Crippen molar-refractivity contribution in [1.29, 1.82) is 0 Å². The van der Waals surface area contributed by atoms with E-state index in [0.29, 0.717) is 0 Å². The quantitative estimate of drug-likeness (QED) is 0.590. The molecule has 0 spiro atoms. The second kappa shape index (κ2) is 8.29. The van der Waals surface area contributed by atoms with Crippen LogP contribution in [0.5, 0.6) is 0 Å². The van der Waals surface area contributed by atoms with Gasteiger partial charge in [-0.1, -0.05) is 28.1 Å². The average Bonchev–Trinajstić information content (AvgIpc) is 2.52. The van der Waals surface area contributed by atoms with Crippen LogP contribution in [-0.4, -0.2) is 35.5 Å². The Hall–Kier alpha value is -1.62. The molecule has 2 atom stereocenters. The Morgan fingerprint density at radius 2 is 1.83 bits per heavy atom. The van der Waals surface area contributed by atoms with Crippen molar-refractivity contribution in [3.05, 3.63) is 40.4 Å². The number of ether oxygens (including phenoxy) is 1. The fraction of sp³-hybridized carbons (Fsp3) is 0.444. The lowest BCUT2D eigenvalue weighted by atomic mass is 9.97. The van der Waals surface area contributed by atoms with Crippen LogP contribution in [0, 0.1) is 0 Å². The zero-order chi connectivity index (χ0) is 16.8. The Labute approximate surface area is 145 Å². The van der Waals surface area contributed by atoms with Gasteiger partial charge in [0.2, 0.25) is 0 Å². The van der Waals surface area contributed by atoms with Gasteiger partial charge in [-0.05, 0) is 56.9 Å². The van der Waals surface area contributed by atoms with E-state index in [2.05, 4.69) is 15.9 Å². The first-order chi connectivity index (χ1) is 11.0. The minimum atomic E-state index is -0.501. The molecule has 1 amide bonds. The minimum absolute atomic E-state index is 0.116. The van der Waals surface area contributed by atoms with E-state index in [1.165, 1.54) is 6.08 Å². The molecule has 1 aromatic carbocycles. The molecular weight excluding hydrogens is 358 g/mol. The topological polar surface area (TPSA) is 46.6 Å². The van der Waals surface area contributed by atoms with E-state index in [4.69, 9.17) is 4.74 Å². The molecule has 0 bridgehead atoms. The summed E-state index contributed by atoms with van der Waals surface area (Å²) in [5.41, 5.74) is 0.898. The lowest BCUT2D eigenvalue weighted by Gasteiger charge is -2.38. The van der Waals surface area contributed by atoms with Gasteiger partial charge in [-0.15, -0.1) is 0 Å². The van der Waals surface area contributed by atoms with Crippen LogP contribution >= 0.6 is 15.9 Å². The molecule has 23 heavy (non-hydrogen) atoms. The number of nitrogens with zero attached hydrogens (tertiary/aromatic N) is 1. The number of amides is 1. The second-order valence-corrected chi connectivity index (χ2v) is 6.84. The second-order valence-electron chi connectivity index (χ2n) is 5.92. The van der Waals surface area contributed by atoms with E-state index < -0.39 is 5.97 Å². The fourth-order valence-corrected chi connectivity index (χ4v) is 3.17. The van der Waals surface area contributed by atoms with Gasteiger partial charge in [-0.25, -0.2) is 4.79 Å². The number of hydrogen-bond acceptors (Lipinski definition) is 3. The van der Waals surface area contributed by atoms with Crippen molar-refractivity contribution in [2.45, 2.75) is 45.2 Å². The van der Waals surface area contributed by atoms with E-state index in [1.807, 2.05) is 43.0 Å². The van der Waals surface area contributed by atoms with Crippen LogP contribution in [0.3, 0.4) is 0 Å². The van der Waals surface area contributed by atoms with Crippen LogP contribution in [-0.2, 0) is 14.3 Å². The molecule has 2 rings (SSSR count). The monoisotopic (exact) mass is 379 g/mol. The van der Waals surface area contributed by atoms with Gasteiger partial charge in [0.15, 0.2) is 6.61 Å². The number of esters is 1. The third kappa shape index (κ3) is 5.20. The van der Waals surface area contributed by atoms with E-state index >= 15 is 0 Å². The van der Waals surface area contributed by atoms with Gasteiger partial charge in [-0.2, -0.15) is 0 Å². The van der Waals surface area contributed by atoms with Gasteiger partial charge in [0.25, 0.3) is 5.91 Å². The van der Waals surface area contributed by atoms with Crippen LogP contribution in [0.1, 0.15) is 38.7 Å². The highest BCUT2D eigenvalue weighted by atomic mass is 79.9. The van der Waals surface area contributed by atoms with Crippen molar-refractivity contribution < 1.29 is 14.3 Å². The SMILES string of the molecule is C[C@@H]1CCC[C@@H](C)N1C(=O)COC(=O)/C=C/c1ccc(Br)cc1. The predicted octanol–water partition coefficient (Wildman–Crippen LogP) is 3.80. The van der Waals surface area contributed by atoms with Crippen molar-refractivity contribution in [1.82, 2.24) is 4.90 Å². The summed E-state index contributed by atoms with van der Waals surface area (Å²) in [5, 5.41) is 0. The number of benzene rings is 1. The molecule has 1 aliphatic heterocycles. The molecule has 1 aliphatic rings. The van der Waals surface area contributed by atoms with Crippen LogP contribution < -0.4 is 0 Å². The van der Waals surface area contributed by atoms with Gasteiger partial charge < -0.3 is 9.64 Å². The summed E-state index contributed by atoms with van der Waals surface area (Å²) < 4.78 is 6.05. The summed E-state index contributed by atoms with van der Waals surface area (Å²) in [6.45, 7) is 3.89. The van der Waals surface area contributed by atoms with Crippen molar-refractivity contribution in [2.24, 2.45) is 0 Å². The van der Waals surface area contributed by atoms with Crippen LogP contribution in [0.15, 0.2) is 34.8 Å². The molecule has 0 radical (unpaired) electrons. The first-order valence-electron chi connectivity index (χ1n) is 7.89. The molecule has 0 aliphatic carbocycles. The van der Waals surface area contributed by atoms with Crippen LogP contribution in [0.2, 0.25) is 0 Å². The maximum Gasteiger partial charge on any atom is 0.331 e. The zero-order valence-corrected chi connectivity index (χ0v) is 15.1. The van der Waals surface area contributed by atoms with Crippen molar-refractivity contribution >= 4 is 33.9 Å². The van der Waals surface area contributed by atoms with Crippen molar-refractivity contribution in [3.63, 3.8) is 0 Å². The number of carbonyl (C=O) groups is 2. The highest BCUT2D eigenvalue weighted by Crippen LogP contribution is 2.22. The Balaban J connectivity index is 1.83. The molecule has 1 saturated heterocycles. The summed E-state index contributed by atoms with van der Waals surface area (Å²) >= 11 is 3.36. The number of halogens is 1. The number of hydrogen-bond donors (Lipinski definition) is 0. The van der Waals surface area contributed by atoms with Crippen molar-refractivity contribution in [2.75, 3.05) is 6.61 Å². The molecule has 1 heterocycles. The number of likely N-dealkylation sites (tertiary alicyclic amines) is 1. The van der Waals surface area contributed by atoms with Gasteiger partial charge in [0.05, 0.1) is 0 Å². The number of carbonyl (C=O) groups excluding carboxylic acids is 2. The van der Waals surface area contributed by atoms with E-state index in [0.717, 1.165) is 29.3 Å². The number of rotatable bonds is 4. The molecular formula is C18H22BrNO3. The molecule has 124 valence electrons. The minimum Gasteiger partial charge on any atom is -0.452 e. The first kappa shape index (κ1) is 17.7. The average molecular weight is 380 g/mol. The van der Waals surface area contributed by atoms with E-state index in [9.17, 15) is 9.59 Å². The van der Waals surface area contributed by atoms with E-state index in [-0.39, 0.29) is 24.6 Å². The third-order valence-corrected chi connectivity index (χ3v) is 4.63. The predicted molar refractivity (Wildman–Crippen MR) is 93.8 cm³/mol. The zero-order valence-electron chi connectivity index (χ0n) is 13.5. The summed E-state index contributed by atoms with van der Waals surface area (Å²) in [4.78, 5) is 25.8. The molecule has 1 fully saturated rings. The summed E-state index contributed by atoms with van der Waals surface area (Å²) in [6, 6.07) is 7.99. The molecule has 0 saturated carbocycles. The molecule has 0 unspecified atom stereocenters. The van der Waals surface area contributed by atoms with Crippen LogP contribution in [0.4, 0.5) is 0 Å².